The monoisotopic (exact) mass is 276 g/mol. The minimum atomic E-state index is -0.355. The standard InChI is InChI=1S/C13H9FN2O2S/c1-8-2-3-9(6-10(8)14)18-12-11(7-17)16-4-5-19-13(16)15-12/h2-7H,1H3. The van der Waals surface area contributed by atoms with E-state index in [1.165, 1.54) is 17.4 Å². The number of hydrogen-bond acceptors (Lipinski definition) is 4. The lowest BCUT2D eigenvalue weighted by molar-refractivity contribution is 0.111. The van der Waals surface area contributed by atoms with Crippen molar-refractivity contribution in [2.24, 2.45) is 0 Å². The molecule has 0 amide bonds. The van der Waals surface area contributed by atoms with Crippen molar-refractivity contribution in [3.8, 4) is 11.6 Å². The second-order valence-corrected chi connectivity index (χ2v) is 4.86. The van der Waals surface area contributed by atoms with E-state index >= 15 is 0 Å². The number of aryl methyl sites for hydroxylation is 1. The van der Waals surface area contributed by atoms with E-state index in [1.54, 1.807) is 29.7 Å². The number of carbonyl (C=O) groups excluding carboxylic acids is 1. The molecule has 1 aromatic carbocycles. The first-order valence-electron chi connectivity index (χ1n) is 5.54. The molecule has 0 saturated carbocycles. The number of rotatable bonds is 3. The average Bonchev–Trinajstić information content (AvgIpc) is 2.94. The molecule has 0 aliphatic carbocycles. The molecule has 0 aliphatic heterocycles. The van der Waals surface area contributed by atoms with Crippen LogP contribution < -0.4 is 4.74 Å². The summed E-state index contributed by atoms with van der Waals surface area (Å²) in [5, 5.41) is 1.82. The van der Waals surface area contributed by atoms with Crippen LogP contribution in [-0.2, 0) is 0 Å². The highest BCUT2D eigenvalue weighted by molar-refractivity contribution is 7.15. The zero-order chi connectivity index (χ0) is 13.4. The Kier molecular flexibility index (Phi) is 2.79. The number of nitrogens with zero attached hydrogens (tertiary/aromatic N) is 2. The second-order valence-electron chi connectivity index (χ2n) is 3.99. The van der Waals surface area contributed by atoms with Gasteiger partial charge < -0.3 is 4.74 Å². The molecule has 0 aliphatic rings. The summed E-state index contributed by atoms with van der Waals surface area (Å²) in [6.45, 7) is 1.67. The van der Waals surface area contributed by atoms with Crippen molar-refractivity contribution < 1.29 is 13.9 Å². The maximum Gasteiger partial charge on any atom is 0.250 e. The lowest BCUT2D eigenvalue weighted by Crippen LogP contribution is -1.93. The Labute approximate surface area is 112 Å². The zero-order valence-corrected chi connectivity index (χ0v) is 10.8. The molecule has 0 fully saturated rings. The van der Waals surface area contributed by atoms with Gasteiger partial charge in [-0.2, -0.15) is 4.98 Å². The lowest BCUT2D eigenvalue weighted by atomic mass is 10.2. The molecule has 4 nitrogen and oxygen atoms in total. The first-order valence-corrected chi connectivity index (χ1v) is 6.42. The van der Waals surface area contributed by atoms with Crippen LogP contribution in [0.3, 0.4) is 0 Å². The summed E-state index contributed by atoms with van der Waals surface area (Å²) >= 11 is 1.39. The van der Waals surface area contributed by atoms with Crippen molar-refractivity contribution in [2.75, 3.05) is 0 Å². The molecule has 0 saturated heterocycles. The molecule has 6 heteroatoms. The van der Waals surface area contributed by atoms with Gasteiger partial charge >= 0.3 is 0 Å². The van der Waals surface area contributed by atoms with Gasteiger partial charge in [-0.1, -0.05) is 6.07 Å². The van der Waals surface area contributed by atoms with Crippen LogP contribution in [0.5, 0.6) is 11.6 Å². The summed E-state index contributed by atoms with van der Waals surface area (Å²) in [4.78, 5) is 16.0. The molecule has 0 N–H and O–H groups in total. The van der Waals surface area contributed by atoms with Crippen LogP contribution in [0.25, 0.3) is 4.96 Å². The number of carbonyl (C=O) groups is 1. The predicted octanol–water partition coefficient (Wildman–Crippen LogP) is 3.45. The topological polar surface area (TPSA) is 43.6 Å². The number of imidazole rings is 1. The number of ether oxygens (including phenoxy) is 1. The van der Waals surface area contributed by atoms with Crippen molar-refractivity contribution in [3.05, 3.63) is 46.9 Å². The summed E-state index contributed by atoms with van der Waals surface area (Å²) in [6.07, 6.45) is 2.41. The quantitative estimate of drug-likeness (QED) is 0.688. The van der Waals surface area contributed by atoms with Crippen LogP contribution in [0.15, 0.2) is 29.8 Å². The first-order chi connectivity index (χ1) is 9.19. The average molecular weight is 276 g/mol. The third-order valence-corrected chi connectivity index (χ3v) is 3.49. The summed E-state index contributed by atoms with van der Waals surface area (Å²) in [5.41, 5.74) is 0.853. The number of benzene rings is 1. The van der Waals surface area contributed by atoms with Gasteiger partial charge in [-0.05, 0) is 18.6 Å². The highest BCUT2D eigenvalue weighted by Crippen LogP contribution is 2.27. The van der Waals surface area contributed by atoms with Gasteiger partial charge in [0, 0.05) is 17.6 Å². The van der Waals surface area contributed by atoms with Crippen LogP contribution in [0.2, 0.25) is 0 Å². The molecule has 19 heavy (non-hydrogen) atoms. The Morgan fingerprint density at radius 2 is 2.32 bits per heavy atom. The van der Waals surface area contributed by atoms with Crippen LogP contribution in [-0.4, -0.2) is 15.7 Å². The van der Waals surface area contributed by atoms with E-state index in [-0.39, 0.29) is 11.7 Å². The minimum absolute atomic E-state index is 0.185. The molecule has 0 atom stereocenters. The number of aldehydes is 1. The molecule has 3 rings (SSSR count). The van der Waals surface area contributed by atoms with Crippen molar-refractivity contribution in [2.45, 2.75) is 6.92 Å². The van der Waals surface area contributed by atoms with Crippen LogP contribution >= 0.6 is 11.3 Å². The van der Waals surface area contributed by atoms with Gasteiger partial charge in [-0.15, -0.1) is 11.3 Å². The van der Waals surface area contributed by atoms with Crippen LogP contribution in [0.4, 0.5) is 4.39 Å². The number of hydrogen-bond donors (Lipinski definition) is 0. The first kappa shape index (κ1) is 11.9. The number of aromatic nitrogens is 2. The van der Waals surface area contributed by atoms with Gasteiger partial charge in [-0.3, -0.25) is 9.20 Å². The summed E-state index contributed by atoms with van der Waals surface area (Å²) < 4.78 is 20.6. The molecule has 0 spiro atoms. The van der Waals surface area contributed by atoms with Crippen molar-refractivity contribution in [1.82, 2.24) is 9.38 Å². The number of thiazole rings is 1. The molecule has 0 unspecified atom stereocenters. The largest absolute Gasteiger partial charge is 0.437 e. The second kappa shape index (κ2) is 4.47. The fourth-order valence-electron chi connectivity index (χ4n) is 1.71. The normalized spacial score (nSPS) is 10.8. The zero-order valence-electron chi connectivity index (χ0n) is 9.96. The highest BCUT2D eigenvalue weighted by Gasteiger charge is 2.14. The molecular weight excluding hydrogens is 267 g/mol. The van der Waals surface area contributed by atoms with Gasteiger partial charge in [0.2, 0.25) is 5.88 Å². The summed E-state index contributed by atoms with van der Waals surface area (Å²) in [7, 11) is 0. The minimum Gasteiger partial charge on any atom is -0.437 e. The van der Waals surface area contributed by atoms with Crippen molar-refractivity contribution >= 4 is 22.6 Å². The third kappa shape index (κ3) is 2.00. The fraction of sp³-hybridized carbons (Fsp3) is 0.0769. The molecule has 2 heterocycles. The van der Waals surface area contributed by atoms with E-state index in [0.29, 0.717) is 28.3 Å². The van der Waals surface area contributed by atoms with E-state index in [2.05, 4.69) is 4.98 Å². The van der Waals surface area contributed by atoms with E-state index in [0.717, 1.165) is 0 Å². The van der Waals surface area contributed by atoms with E-state index < -0.39 is 0 Å². The van der Waals surface area contributed by atoms with Gasteiger partial charge in [0.15, 0.2) is 16.9 Å². The van der Waals surface area contributed by atoms with Gasteiger partial charge in [0.1, 0.15) is 11.6 Å². The summed E-state index contributed by atoms with van der Waals surface area (Å²) in [5.74, 6) is 0.147. The lowest BCUT2D eigenvalue weighted by Gasteiger charge is -2.04. The smallest absolute Gasteiger partial charge is 0.250 e. The number of halogens is 1. The van der Waals surface area contributed by atoms with E-state index in [1.807, 2.05) is 5.38 Å². The van der Waals surface area contributed by atoms with E-state index in [4.69, 9.17) is 4.74 Å². The van der Waals surface area contributed by atoms with Crippen molar-refractivity contribution in [3.63, 3.8) is 0 Å². The maximum absolute atomic E-state index is 13.4. The molecule has 2 aromatic heterocycles. The number of fused-ring (bicyclic) bond motifs is 1. The Balaban J connectivity index is 2.02. The highest BCUT2D eigenvalue weighted by atomic mass is 32.1. The molecule has 96 valence electrons. The Hall–Kier alpha value is -2.21. The third-order valence-electron chi connectivity index (χ3n) is 2.73. The van der Waals surface area contributed by atoms with Crippen LogP contribution in [0, 0.1) is 12.7 Å². The Morgan fingerprint density at radius 1 is 1.47 bits per heavy atom. The van der Waals surface area contributed by atoms with Crippen LogP contribution in [0.1, 0.15) is 16.1 Å². The van der Waals surface area contributed by atoms with Crippen molar-refractivity contribution in [1.29, 1.82) is 0 Å². The van der Waals surface area contributed by atoms with Gasteiger partial charge in [0.05, 0.1) is 0 Å². The predicted molar refractivity (Wildman–Crippen MR) is 69.7 cm³/mol. The SMILES string of the molecule is Cc1ccc(Oc2nc3sccn3c2C=O)cc1F. The Morgan fingerprint density at radius 3 is 3.05 bits per heavy atom. The maximum atomic E-state index is 13.4. The fourth-order valence-corrected chi connectivity index (χ4v) is 2.43. The van der Waals surface area contributed by atoms with Gasteiger partial charge in [0.25, 0.3) is 0 Å². The molecule has 3 aromatic rings. The molecule has 0 bridgehead atoms. The molecule has 0 radical (unpaired) electrons. The van der Waals surface area contributed by atoms with Gasteiger partial charge in [-0.25, -0.2) is 4.39 Å². The summed E-state index contributed by atoms with van der Waals surface area (Å²) in [6, 6.07) is 4.53. The molecular formula is C13H9FN2O2S. The Bertz CT molecular complexity index is 763. The van der Waals surface area contributed by atoms with E-state index in [9.17, 15) is 9.18 Å².